The van der Waals surface area contributed by atoms with E-state index in [9.17, 15) is 14.7 Å². The summed E-state index contributed by atoms with van der Waals surface area (Å²) in [5.74, 6) is -0.740. The van der Waals surface area contributed by atoms with Crippen molar-refractivity contribution in [3.63, 3.8) is 0 Å². The number of carboxylic acids is 1. The number of ether oxygens (including phenoxy) is 2. The average Bonchev–Trinajstić information content (AvgIpc) is 2.65. The number of hydrogen-bond acceptors (Lipinski definition) is 4. The molecule has 7 nitrogen and oxygen atoms in total. The molecule has 146 valence electrons. The second-order valence-corrected chi connectivity index (χ2v) is 5.68. The summed E-state index contributed by atoms with van der Waals surface area (Å²) >= 11 is 0. The van der Waals surface area contributed by atoms with Crippen molar-refractivity contribution in [2.75, 3.05) is 19.5 Å². The van der Waals surface area contributed by atoms with Crippen LogP contribution in [0.5, 0.6) is 11.5 Å². The summed E-state index contributed by atoms with van der Waals surface area (Å²) in [5, 5.41) is 12.0. The van der Waals surface area contributed by atoms with Crippen LogP contribution in [0.25, 0.3) is 0 Å². The van der Waals surface area contributed by atoms with Crippen molar-refractivity contribution < 1.29 is 45.7 Å². The molecule has 8 heteroatoms. The molecule has 0 radical (unpaired) electrons. The van der Waals surface area contributed by atoms with Crippen molar-refractivity contribution in [3.8, 4) is 11.5 Å². The molecule has 0 atom stereocenters. The van der Waals surface area contributed by atoms with Crippen molar-refractivity contribution in [1.82, 2.24) is 0 Å². The topological polar surface area (TPSA) is 88.7 Å². The summed E-state index contributed by atoms with van der Waals surface area (Å²) in [4.78, 5) is 23.6. The molecule has 0 aliphatic carbocycles. The van der Waals surface area contributed by atoms with Gasteiger partial charge in [0.15, 0.2) is 23.9 Å². The van der Waals surface area contributed by atoms with Crippen LogP contribution >= 0.6 is 0 Å². The molecule has 0 fully saturated rings. The lowest BCUT2D eigenvalue weighted by Crippen LogP contribution is -3.00. The number of aromatic nitrogens is 1. The molecule has 0 aliphatic heterocycles. The Hall–Kier alpha value is -2.61. The van der Waals surface area contributed by atoms with Crippen LogP contribution in [0.2, 0.25) is 0 Å². The van der Waals surface area contributed by atoms with Gasteiger partial charge in [0.1, 0.15) is 6.54 Å². The summed E-state index contributed by atoms with van der Waals surface area (Å²) in [6.07, 6.45) is 5.80. The van der Waals surface area contributed by atoms with Crippen LogP contribution in [0.4, 0.5) is 5.69 Å². The van der Waals surface area contributed by atoms with E-state index in [4.69, 9.17) is 9.47 Å². The van der Waals surface area contributed by atoms with Crippen molar-refractivity contribution in [2.45, 2.75) is 25.8 Å². The number of carboxylic acid groups (broad SMARTS) is 1. The highest BCUT2D eigenvalue weighted by Crippen LogP contribution is 2.33. The van der Waals surface area contributed by atoms with E-state index >= 15 is 0 Å². The molecule has 1 aromatic heterocycles. The Morgan fingerprint density at radius 2 is 1.67 bits per heavy atom. The summed E-state index contributed by atoms with van der Waals surface area (Å²) in [6, 6.07) is 8.66. The number of methoxy groups -OCH3 is 2. The summed E-state index contributed by atoms with van der Waals surface area (Å²) in [5.41, 5.74) is 0.147. The number of nitrogens with zero attached hydrogens (tertiary/aromatic N) is 1. The molecule has 2 N–H and O–H groups in total. The lowest BCUT2D eigenvalue weighted by molar-refractivity contribution is -0.697. The minimum atomic E-state index is -1.15. The number of halogens is 1. The van der Waals surface area contributed by atoms with Gasteiger partial charge in [0.2, 0.25) is 5.91 Å². The Kier molecular flexibility index (Phi) is 9.29. The Labute approximate surface area is 168 Å². The third kappa shape index (κ3) is 6.56. The number of amides is 1. The molecular formula is C19H23BrN2O5. The van der Waals surface area contributed by atoms with Gasteiger partial charge in [-0.15, -0.1) is 0 Å². The normalized spacial score (nSPS) is 9.85. The molecule has 0 spiro atoms. The number of rotatable bonds is 9. The van der Waals surface area contributed by atoms with Gasteiger partial charge in [0.05, 0.1) is 25.5 Å². The monoisotopic (exact) mass is 438 g/mol. The van der Waals surface area contributed by atoms with E-state index in [1.54, 1.807) is 0 Å². The van der Waals surface area contributed by atoms with Crippen molar-refractivity contribution in [2.24, 2.45) is 0 Å². The second kappa shape index (κ2) is 11.2. The third-order valence-corrected chi connectivity index (χ3v) is 3.88. The van der Waals surface area contributed by atoms with E-state index in [1.807, 2.05) is 30.6 Å². The summed E-state index contributed by atoms with van der Waals surface area (Å²) < 4.78 is 12.3. The number of benzene rings is 1. The number of pyridine rings is 1. The highest BCUT2D eigenvalue weighted by atomic mass is 79.9. The predicted molar refractivity (Wildman–Crippen MR) is 95.6 cm³/mol. The highest BCUT2D eigenvalue weighted by Gasteiger charge is 2.18. The highest BCUT2D eigenvalue weighted by molar-refractivity contribution is 6.01. The average molecular weight is 439 g/mol. The van der Waals surface area contributed by atoms with Gasteiger partial charge in [-0.1, -0.05) is 6.07 Å². The number of hydrogen-bond donors (Lipinski definition) is 2. The number of aryl methyl sites for hydroxylation is 1. The summed E-state index contributed by atoms with van der Waals surface area (Å²) in [6.45, 7) is 0.824. The van der Waals surface area contributed by atoms with Crippen LogP contribution in [0.1, 0.15) is 29.6 Å². The molecule has 0 bridgehead atoms. The van der Waals surface area contributed by atoms with Crippen LogP contribution < -0.4 is 36.3 Å². The van der Waals surface area contributed by atoms with E-state index in [1.165, 1.54) is 26.4 Å². The molecule has 2 aromatic rings. The lowest BCUT2D eigenvalue weighted by atomic mass is 10.1. The van der Waals surface area contributed by atoms with E-state index in [0.29, 0.717) is 24.3 Å². The zero-order valence-corrected chi connectivity index (χ0v) is 16.9. The van der Waals surface area contributed by atoms with Crippen molar-refractivity contribution in [3.05, 3.63) is 48.3 Å². The first-order chi connectivity index (χ1) is 12.5. The zero-order valence-electron chi connectivity index (χ0n) is 15.3. The quantitative estimate of drug-likeness (QED) is 0.407. The fourth-order valence-corrected chi connectivity index (χ4v) is 2.54. The smallest absolute Gasteiger partial charge is 0.337 e. The van der Waals surface area contributed by atoms with Gasteiger partial charge in [-0.25, -0.2) is 9.36 Å². The van der Waals surface area contributed by atoms with Crippen LogP contribution in [-0.2, 0) is 11.3 Å². The first kappa shape index (κ1) is 22.4. The minimum Gasteiger partial charge on any atom is -1.00 e. The predicted octanol–water partition coefficient (Wildman–Crippen LogP) is -0.497. The first-order valence-corrected chi connectivity index (χ1v) is 8.28. The molecular weight excluding hydrogens is 416 g/mol. The standard InChI is InChI=1S/C19H22N2O5.BrH/c1-25-16-12-14(19(23)24)15(13-17(16)26-2)20-18(22)8-4-7-11-21-9-5-3-6-10-21;/h3,5-6,9-10,12-13H,4,7-8,11H2,1-2H3,(H-,20,22,23,24);1H. The Morgan fingerprint density at radius 1 is 1.04 bits per heavy atom. The van der Waals surface area contributed by atoms with Gasteiger partial charge in [-0.05, 0) is 6.42 Å². The Bertz CT molecular complexity index is 768. The number of unbranched alkanes of at least 4 members (excludes halogenated alkanes) is 1. The Morgan fingerprint density at radius 3 is 2.26 bits per heavy atom. The van der Waals surface area contributed by atoms with Crippen LogP contribution in [0, 0.1) is 0 Å². The van der Waals surface area contributed by atoms with Crippen LogP contribution in [-0.4, -0.2) is 31.2 Å². The number of aromatic carboxylic acids is 1. The van der Waals surface area contributed by atoms with Crippen LogP contribution in [0.15, 0.2) is 42.7 Å². The minimum absolute atomic E-state index is 0. The maximum Gasteiger partial charge on any atom is 0.337 e. The van der Waals surface area contributed by atoms with Gasteiger partial charge in [0.25, 0.3) is 0 Å². The van der Waals surface area contributed by atoms with Crippen molar-refractivity contribution >= 4 is 17.6 Å². The molecule has 1 heterocycles. The van der Waals surface area contributed by atoms with Gasteiger partial charge < -0.3 is 36.9 Å². The molecule has 0 aliphatic rings. The fourth-order valence-electron chi connectivity index (χ4n) is 2.54. The van der Waals surface area contributed by atoms with Gasteiger partial charge in [0, 0.05) is 37.1 Å². The first-order valence-electron chi connectivity index (χ1n) is 8.28. The van der Waals surface area contributed by atoms with Crippen LogP contribution in [0.3, 0.4) is 0 Å². The van der Waals surface area contributed by atoms with Crippen molar-refractivity contribution in [1.29, 1.82) is 0 Å². The number of anilines is 1. The number of carbonyl (C=O) groups is 2. The number of nitrogens with one attached hydrogen (secondary N) is 1. The Balaban J connectivity index is 0.00000364. The van der Waals surface area contributed by atoms with E-state index in [0.717, 1.165) is 13.0 Å². The van der Waals surface area contributed by atoms with Gasteiger partial charge in [-0.2, -0.15) is 0 Å². The fraction of sp³-hybridized carbons (Fsp3) is 0.316. The molecule has 27 heavy (non-hydrogen) atoms. The maximum atomic E-state index is 12.2. The third-order valence-electron chi connectivity index (χ3n) is 3.88. The van der Waals surface area contributed by atoms with Gasteiger partial charge in [-0.3, -0.25) is 4.79 Å². The maximum absolute atomic E-state index is 12.2. The molecule has 1 aromatic carbocycles. The van der Waals surface area contributed by atoms with E-state index < -0.39 is 5.97 Å². The number of carbonyl (C=O) groups excluding carboxylic acids is 1. The van der Waals surface area contributed by atoms with E-state index in [-0.39, 0.29) is 34.1 Å². The van der Waals surface area contributed by atoms with Gasteiger partial charge >= 0.3 is 5.97 Å². The molecule has 0 saturated heterocycles. The second-order valence-electron chi connectivity index (χ2n) is 5.68. The molecule has 0 saturated carbocycles. The van der Waals surface area contributed by atoms with E-state index in [2.05, 4.69) is 9.88 Å². The summed E-state index contributed by atoms with van der Waals surface area (Å²) in [7, 11) is 2.87. The largest absolute Gasteiger partial charge is 1.00 e. The molecule has 1 amide bonds. The lowest BCUT2D eigenvalue weighted by Gasteiger charge is -2.13. The SMILES string of the molecule is COc1cc(NC(=O)CCCC[n+]2ccccc2)c(C(=O)O)cc1OC.[Br-]. The molecule has 2 rings (SSSR count). The zero-order chi connectivity index (χ0) is 18.9. The molecule has 0 unspecified atom stereocenters.